The molecule has 0 aromatic heterocycles. The monoisotopic (exact) mass is 170 g/mol. The average Bonchev–Trinajstić information content (AvgIpc) is 2.49. The lowest BCUT2D eigenvalue weighted by molar-refractivity contribution is -0.144. The fraction of sp³-hybridized carbons (Fsp3) is 0.778. The van der Waals surface area contributed by atoms with Crippen LogP contribution in [0.1, 0.15) is 33.1 Å². The second-order valence-electron chi connectivity index (χ2n) is 3.18. The van der Waals surface area contributed by atoms with E-state index < -0.39 is 0 Å². The predicted molar refractivity (Wildman–Crippen MR) is 43.6 cm³/mol. The number of hydrogen-bond donors (Lipinski definition) is 0. The SMILES string of the molecule is CCC(=O)[C@H](C)[C@H]1CCC(=O)O1. The molecule has 0 aromatic rings. The quantitative estimate of drug-likeness (QED) is 0.600. The number of ether oxygens (including phenoxy) is 1. The molecule has 1 saturated heterocycles. The maximum absolute atomic E-state index is 11.2. The number of Topliss-reactive ketones (excluding diaryl/α,β-unsaturated/α-hetero) is 1. The highest BCUT2D eigenvalue weighted by Crippen LogP contribution is 2.22. The smallest absolute Gasteiger partial charge is 0.306 e. The van der Waals surface area contributed by atoms with Gasteiger partial charge in [0.1, 0.15) is 11.9 Å². The van der Waals surface area contributed by atoms with Crippen LogP contribution in [0.2, 0.25) is 0 Å². The van der Waals surface area contributed by atoms with Crippen molar-refractivity contribution in [2.45, 2.75) is 39.2 Å². The maximum Gasteiger partial charge on any atom is 0.306 e. The van der Waals surface area contributed by atoms with Gasteiger partial charge in [-0.05, 0) is 6.42 Å². The van der Waals surface area contributed by atoms with Crippen LogP contribution >= 0.6 is 0 Å². The van der Waals surface area contributed by atoms with Crippen molar-refractivity contribution in [3.05, 3.63) is 0 Å². The van der Waals surface area contributed by atoms with Gasteiger partial charge in [0.2, 0.25) is 0 Å². The van der Waals surface area contributed by atoms with Crippen molar-refractivity contribution in [2.24, 2.45) is 5.92 Å². The number of hydrogen-bond acceptors (Lipinski definition) is 3. The minimum atomic E-state index is -0.171. The number of carbonyl (C=O) groups excluding carboxylic acids is 2. The first-order chi connectivity index (χ1) is 5.65. The van der Waals surface area contributed by atoms with E-state index in [9.17, 15) is 9.59 Å². The summed E-state index contributed by atoms with van der Waals surface area (Å²) < 4.78 is 4.99. The summed E-state index contributed by atoms with van der Waals surface area (Å²) in [7, 11) is 0. The molecule has 0 spiro atoms. The van der Waals surface area contributed by atoms with Gasteiger partial charge in [0, 0.05) is 12.8 Å². The van der Waals surface area contributed by atoms with Crippen molar-refractivity contribution in [3.63, 3.8) is 0 Å². The van der Waals surface area contributed by atoms with Crippen molar-refractivity contribution < 1.29 is 14.3 Å². The number of cyclic esters (lactones) is 1. The zero-order chi connectivity index (χ0) is 9.14. The molecule has 0 radical (unpaired) electrons. The van der Waals surface area contributed by atoms with E-state index in [2.05, 4.69) is 0 Å². The highest BCUT2D eigenvalue weighted by atomic mass is 16.5. The molecule has 1 rings (SSSR count). The minimum Gasteiger partial charge on any atom is -0.462 e. The molecule has 0 aliphatic carbocycles. The Bertz CT molecular complexity index is 198. The second-order valence-corrected chi connectivity index (χ2v) is 3.18. The molecular formula is C9H14O3. The molecule has 68 valence electrons. The molecule has 0 aromatic carbocycles. The van der Waals surface area contributed by atoms with Crippen molar-refractivity contribution in [2.75, 3.05) is 0 Å². The normalized spacial score (nSPS) is 25.2. The van der Waals surface area contributed by atoms with E-state index in [0.717, 1.165) is 0 Å². The van der Waals surface area contributed by atoms with Gasteiger partial charge >= 0.3 is 5.97 Å². The Kier molecular flexibility index (Phi) is 2.84. The molecule has 2 atom stereocenters. The Morgan fingerprint density at radius 3 is 2.83 bits per heavy atom. The van der Waals surface area contributed by atoms with Crippen LogP contribution < -0.4 is 0 Å². The first-order valence-electron chi connectivity index (χ1n) is 4.37. The molecule has 0 unspecified atom stereocenters. The third-order valence-electron chi connectivity index (χ3n) is 2.33. The fourth-order valence-electron chi connectivity index (χ4n) is 1.43. The average molecular weight is 170 g/mol. The van der Waals surface area contributed by atoms with Crippen LogP contribution in [0.15, 0.2) is 0 Å². The molecule has 0 bridgehead atoms. The highest BCUT2D eigenvalue weighted by Gasteiger charge is 2.31. The molecule has 1 heterocycles. The zero-order valence-corrected chi connectivity index (χ0v) is 7.50. The van der Waals surface area contributed by atoms with Crippen LogP contribution in [0.5, 0.6) is 0 Å². The molecule has 12 heavy (non-hydrogen) atoms. The maximum atomic E-state index is 11.2. The first-order valence-corrected chi connectivity index (χ1v) is 4.37. The molecule has 1 fully saturated rings. The standard InChI is InChI=1S/C9H14O3/c1-3-7(10)6(2)8-4-5-9(11)12-8/h6,8H,3-5H2,1-2H3/t6-,8+/m0/s1. The summed E-state index contributed by atoms with van der Waals surface area (Å²) in [6.45, 7) is 3.66. The number of ketones is 1. The van der Waals surface area contributed by atoms with E-state index in [4.69, 9.17) is 4.74 Å². The third kappa shape index (κ3) is 1.84. The van der Waals surface area contributed by atoms with E-state index in [1.807, 2.05) is 13.8 Å². The second kappa shape index (κ2) is 3.70. The van der Waals surface area contributed by atoms with Crippen molar-refractivity contribution in [3.8, 4) is 0 Å². The van der Waals surface area contributed by atoms with E-state index in [0.29, 0.717) is 19.3 Å². The number of esters is 1. The van der Waals surface area contributed by atoms with E-state index in [1.54, 1.807) is 0 Å². The van der Waals surface area contributed by atoms with Crippen LogP contribution in [0, 0.1) is 5.92 Å². The Morgan fingerprint density at radius 1 is 1.75 bits per heavy atom. The van der Waals surface area contributed by atoms with Crippen molar-refractivity contribution in [1.82, 2.24) is 0 Å². The lowest BCUT2D eigenvalue weighted by Crippen LogP contribution is -2.24. The van der Waals surface area contributed by atoms with E-state index in [1.165, 1.54) is 0 Å². The summed E-state index contributed by atoms with van der Waals surface area (Å²) in [5.41, 5.74) is 0. The first kappa shape index (κ1) is 9.23. The van der Waals surface area contributed by atoms with E-state index in [-0.39, 0.29) is 23.8 Å². The summed E-state index contributed by atoms with van der Waals surface area (Å²) in [6.07, 6.45) is 1.53. The van der Waals surface area contributed by atoms with Crippen LogP contribution in [0.3, 0.4) is 0 Å². The lowest BCUT2D eigenvalue weighted by atomic mass is 9.96. The zero-order valence-electron chi connectivity index (χ0n) is 7.50. The lowest BCUT2D eigenvalue weighted by Gasteiger charge is -2.15. The van der Waals surface area contributed by atoms with Crippen LogP contribution in [-0.2, 0) is 14.3 Å². The summed E-state index contributed by atoms with van der Waals surface area (Å²) in [5, 5.41) is 0. The summed E-state index contributed by atoms with van der Waals surface area (Å²) >= 11 is 0. The molecule has 3 nitrogen and oxygen atoms in total. The third-order valence-corrected chi connectivity index (χ3v) is 2.33. The van der Waals surface area contributed by atoms with Gasteiger partial charge < -0.3 is 4.74 Å². The van der Waals surface area contributed by atoms with Gasteiger partial charge in [0.25, 0.3) is 0 Å². The summed E-state index contributed by atoms with van der Waals surface area (Å²) in [4.78, 5) is 21.9. The van der Waals surface area contributed by atoms with Gasteiger partial charge in [-0.3, -0.25) is 9.59 Å². The predicted octanol–water partition coefficient (Wildman–Crippen LogP) is 1.31. The Balaban J connectivity index is 2.48. The van der Waals surface area contributed by atoms with Crippen LogP contribution in [-0.4, -0.2) is 17.9 Å². The van der Waals surface area contributed by atoms with Gasteiger partial charge in [-0.25, -0.2) is 0 Å². The largest absolute Gasteiger partial charge is 0.462 e. The van der Waals surface area contributed by atoms with Gasteiger partial charge in [-0.2, -0.15) is 0 Å². The fourth-order valence-corrected chi connectivity index (χ4v) is 1.43. The molecular weight excluding hydrogens is 156 g/mol. The summed E-state index contributed by atoms with van der Waals surface area (Å²) in [6, 6.07) is 0. The molecule has 1 aliphatic heterocycles. The van der Waals surface area contributed by atoms with E-state index >= 15 is 0 Å². The minimum absolute atomic E-state index is 0.124. The topological polar surface area (TPSA) is 43.4 Å². The van der Waals surface area contributed by atoms with Crippen LogP contribution in [0.25, 0.3) is 0 Å². The molecule has 0 saturated carbocycles. The molecule has 0 amide bonds. The Labute approximate surface area is 72.1 Å². The Morgan fingerprint density at radius 2 is 2.42 bits per heavy atom. The van der Waals surface area contributed by atoms with Gasteiger partial charge in [-0.1, -0.05) is 13.8 Å². The molecule has 0 N–H and O–H groups in total. The van der Waals surface area contributed by atoms with Gasteiger partial charge in [0.05, 0.1) is 5.92 Å². The van der Waals surface area contributed by atoms with Crippen LogP contribution in [0.4, 0.5) is 0 Å². The molecule has 3 heteroatoms. The van der Waals surface area contributed by atoms with Crippen molar-refractivity contribution in [1.29, 1.82) is 0 Å². The van der Waals surface area contributed by atoms with Crippen molar-refractivity contribution >= 4 is 11.8 Å². The van der Waals surface area contributed by atoms with Gasteiger partial charge in [-0.15, -0.1) is 0 Å². The molecule has 1 aliphatic rings. The number of carbonyl (C=O) groups is 2. The number of rotatable bonds is 3. The Hall–Kier alpha value is -0.860. The van der Waals surface area contributed by atoms with Gasteiger partial charge in [0.15, 0.2) is 0 Å². The summed E-state index contributed by atoms with van der Waals surface area (Å²) in [5.74, 6) is -0.119. The highest BCUT2D eigenvalue weighted by molar-refractivity contribution is 5.82.